The molecule has 0 aliphatic carbocycles. The Morgan fingerprint density at radius 2 is 2.15 bits per heavy atom. The van der Waals surface area contributed by atoms with Crippen LogP contribution in [0, 0.1) is 0 Å². The van der Waals surface area contributed by atoms with Gasteiger partial charge >= 0.3 is 0 Å². The summed E-state index contributed by atoms with van der Waals surface area (Å²) in [6, 6.07) is 7.88. The lowest BCUT2D eigenvalue weighted by Crippen LogP contribution is -2.39. The van der Waals surface area contributed by atoms with E-state index in [2.05, 4.69) is 39.3 Å². The first-order chi connectivity index (χ1) is 12.3. The fourth-order valence-corrected chi connectivity index (χ4v) is 2.38. The molecule has 0 fully saturated rings. The maximum absolute atomic E-state index is 5.37. The maximum Gasteiger partial charge on any atom is 0.191 e. The van der Waals surface area contributed by atoms with Crippen molar-refractivity contribution in [3.63, 3.8) is 0 Å². The number of nitrogens with zero attached hydrogens (tertiary/aromatic N) is 4. The number of para-hydroxylation sites is 1. The molecule has 0 aliphatic heterocycles. The van der Waals surface area contributed by atoms with E-state index in [-0.39, 0.29) is 24.0 Å². The minimum absolute atomic E-state index is 0. The van der Waals surface area contributed by atoms with Crippen LogP contribution in [-0.2, 0) is 19.5 Å². The summed E-state index contributed by atoms with van der Waals surface area (Å²) < 4.78 is 7.41. The monoisotopic (exact) mass is 470 g/mol. The number of rotatable bonds is 9. The van der Waals surface area contributed by atoms with Crippen LogP contribution in [0.5, 0.6) is 5.75 Å². The van der Waals surface area contributed by atoms with E-state index in [0.29, 0.717) is 13.1 Å². The molecule has 8 heteroatoms. The molecule has 0 radical (unpaired) electrons. The standard InChI is InChI=1S/C18H26N6O.HI/c1-4-10-19-18(20-11-12-24-14-22-23-17(24)5-2)21-13-15-8-6-7-9-16(15)25-3;/h4,6-9,14H,1,5,10-13H2,2-3H3,(H2,19,20,21);1H. The van der Waals surface area contributed by atoms with Crippen LogP contribution in [0.25, 0.3) is 0 Å². The Hall–Kier alpha value is -2.10. The fraction of sp³-hybridized carbons (Fsp3) is 0.389. The van der Waals surface area contributed by atoms with E-state index in [9.17, 15) is 0 Å². The highest BCUT2D eigenvalue weighted by Gasteiger charge is 2.04. The van der Waals surface area contributed by atoms with Crippen molar-refractivity contribution in [2.24, 2.45) is 4.99 Å². The van der Waals surface area contributed by atoms with Crippen molar-refractivity contribution in [2.75, 3.05) is 20.2 Å². The summed E-state index contributed by atoms with van der Waals surface area (Å²) in [5.41, 5.74) is 1.04. The molecule has 0 atom stereocenters. The van der Waals surface area contributed by atoms with Crippen molar-refractivity contribution < 1.29 is 4.74 Å². The predicted molar refractivity (Wildman–Crippen MR) is 115 cm³/mol. The minimum atomic E-state index is 0. The van der Waals surface area contributed by atoms with Crippen LogP contribution in [0.15, 0.2) is 48.2 Å². The van der Waals surface area contributed by atoms with Gasteiger partial charge in [0.1, 0.15) is 17.9 Å². The molecule has 1 aromatic carbocycles. The molecule has 7 nitrogen and oxygen atoms in total. The zero-order chi connectivity index (χ0) is 17.9. The van der Waals surface area contributed by atoms with Crippen molar-refractivity contribution >= 4 is 29.9 Å². The van der Waals surface area contributed by atoms with Crippen LogP contribution in [0.1, 0.15) is 18.3 Å². The molecule has 2 aromatic rings. The van der Waals surface area contributed by atoms with Gasteiger partial charge in [0.15, 0.2) is 5.96 Å². The van der Waals surface area contributed by atoms with Gasteiger partial charge in [0, 0.05) is 31.6 Å². The molecule has 2 N–H and O–H groups in total. The van der Waals surface area contributed by atoms with Gasteiger partial charge in [-0.1, -0.05) is 31.2 Å². The number of hydrogen-bond donors (Lipinski definition) is 2. The fourth-order valence-electron chi connectivity index (χ4n) is 2.38. The van der Waals surface area contributed by atoms with Gasteiger partial charge in [-0.2, -0.15) is 0 Å². The lowest BCUT2D eigenvalue weighted by Gasteiger charge is -2.13. The zero-order valence-electron chi connectivity index (χ0n) is 15.3. The number of guanidine groups is 1. The SMILES string of the molecule is C=CCNC(=NCc1ccccc1OC)NCCn1cnnc1CC.I. The van der Waals surface area contributed by atoms with E-state index in [1.165, 1.54) is 0 Å². The van der Waals surface area contributed by atoms with Crippen molar-refractivity contribution in [3.05, 3.63) is 54.6 Å². The summed E-state index contributed by atoms with van der Waals surface area (Å²) in [5.74, 6) is 2.55. The lowest BCUT2D eigenvalue weighted by atomic mass is 10.2. The Labute approximate surface area is 172 Å². The number of halogens is 1. The molecule has 0 bridgehead atoms. The normalized spacial score (nSPS) is 10.8. The van der Waals surface area contributed by atoms with E-state index in [1.807, 2.05) is 28.8 Å². The van der Waals surface area contributed by atoms with Gasteiger partial charge in [-0.25, -0.2) is 4.99 Å². The van der Waals surface area contributed by atoms with E-state index in [0.717, 1.165) is 42.6 Å². The van der Waals surface area contributed by atoms with E-state index >= 15 is 0 Å². The first-order valence-electron chi connectivity index (χ1n) is 8.40. The summed E-state index contributed by atoms with van der Waals surface area (Å²) >= 11 is 0. The summed E-state index contributed by atoms with van der Waals surface area (Å²) in [6.45, 7) is 8.48. The average Bonchev–Trinajstić information content (AvgIpc) is 3.11. The Morgan fingerprint density at radius 1 is 1.35 bits per heavy atom. The highest BCUT2D eigenvalue weighted by atomic mass is 127. The molecule has 0 spiro atoms. The third kappa shape index (κ3) is 6.66. The summed E-state index contributed by atoms with van der Waals surface area (Å²) in [6.07, 6.45) is 4.42. The summed E-state index contributed by atoms with van der Waals surface area (Å²) in [7, 11) is 1.67. The van der Waals surface area contributed by atoms with E-state index in [1.54, 1.807) is 19.5 Å². The first-order valence-corrected chi connectivity index (χ1v) is 8.40. The number of hydrogen-bond acceptors (Lipinski definition) is 4. The third-order valence-corrected chi connectivity index (χ3v) is 3.67. The molecule has 0 saturated heterocycles. The summed E-state index contributed by atoms with van der Waals surface area (Å²) in [4.78, 5) is 4.63. The molecule has 26 heavy (non-hydrogen) atoms. The van der Waals surface area contributed by atoms with Crippen LogP contribution in [0.2, 0.25) is 0 Å². The Balaban J connectivity index is 0.00000338. The van der Waals surface area contributed by atoms with Gasteiger partial charge < -0.3 is 19.9 Å². The van der Waals surface area contributed by atoms with Crippen molar-refractivity contribution in [3.8, 4) is 5.75 Å². The largest absolute Gasteiger partial charge is 0.496 e. The van der Waals surface area contributed by atoms with Gasteiger partial charge in [0.05, 0.1) is 13.7 Å². The Morgan fingerprint density at radius 3 is 2.88 bits per heavy atom. The second kappa shape index (κ2) is 12.3. The van der Waals surface area contributed by atoms with Crippen LogP contribution in [-0.4, -0.2) is 40.9 Å². The van der Waals surface area contributed by atoms with Crippen LogP contribution in [0.4, 0.5) is 0 Å². The van der Waals surface area contributed by atoms with Crippen molar-refractivity contribution in [1.82, 2.24) is 25.4 Å². The topological polar surface area (TPSA) is 76.4 Å². The number of nitrogens with one attached hydrogen (secondary N) is 2. The molecule has 1 heterocycles. The molecule has 2 rings (SSSR count). The zero-order valence-corrected chi connectivity index (χ0v) is 17.6. The third-order valence-electron chi connectivity index (χ3n) is 3.67. The maximum atomic E-state index is 5.37. The molecular formula is C18H27IN6O. The first kappa shape index (κ1) is 21.9. The highest BCUT2D eigenvalue weighted by Crippen LogP contribution is 2.17. The average molecular weight is 470 g/mol. The molecule has 0 aliphatic rings. The number of ether oxygens (including phenoxy) is 1. The molecule has 1 aromatic heterocycles. The predicted octanol–water partition coefficient (Wildman–Crippen LogP) is 2.39. The van der Waals surface area contributed by atoms with Gasteiger partial charge in [0.2, 0.25) is 0 Å². The quantitative estimate of drug-likeness (QED) is 0.255. The number of methoxy groups -OCH3 is 1. The molecule has 0 saturated carbocycles. The molecule has 0 amide bonds. The molecular weight excluding hydrogens is 443 g/mol. The number of aryl methyl sites for hydroxylation is 1. The van der Waals surface area contributed by atoms with Gasteiger partial charge in [-0.05, 0) is 6.07 Å². The lowest BCUT2D eigenvalue weighted by molar-refractivity contribution is 0.410. The van der Waals surface area contributed by atoms with Gasteiger partial charge in [0.25, 0.3) is 0 Å². The van der Waals surface area contributed by atoms with Crippen LogP contribution >= 0.6 is 24.0 Å². The smallest absolute Gasteiger partial charge is 0.191 e. The van der Waals surface area contributed by atoms with Gasteiger partial charge in [-0.15, -0.1) is 40.8 Å². The number of benzene rings is 1. The molecule has 0 unspecified atom stereocenters. The molecule has 142 valence electrons. The minimum Gasteiger partial charge on any atom is -0.496 e. The van der Waals surface area contributed by atoms with Crippen molar-refractivity contribution in [1.29, 1.82) is 0 Å². The Bertz CT molecular complexity index is 700. The second-order valence-corrected chi connectivity index (χ2v) is 5.37. The second-order valence-electron chi connectivity index (χ2n) is 5.37. The van der Waals surface area contributed by atoms with Crippen LogP contribution in [0.3, 0.4) is 0 Å². The number of aliphatic imine (C=N–C) groups is 1. The van der Waals surface area contributed by atoms with E-state index < -0.39 is 0 Å². The van der Waals surface area contributed by atoms with Crippen LogP contribution < -0.4 is 15.4 Å². The highest BCUT2D eigenvalue weighted by molar-refractivity contribution is 14.0. The number of aromatic nitrogens is 3. The van der Waals surface area contributed by atoms with E-state index in [4.69, 9.17) is 4.74 Å². The van der Waals surface area contributed by atoms with Crippen molar-refractivity contribution in [2.45, 2.75) is 26.4 Å². The summed E-state index contributed by atoms with van der Waals surface area (Å²) in [5, 5.41) is 14.6. The Kier molecular flexibility index (Phi) is 10.4. The van der Waals surface area contributed by atoms with Gasteiger partial charge in [-0.3, -0.25) is 0 Å².